The molecule has 2 aromatic carbocycles. The van der Waals surface area contributed by atoms with E-state index in [4.69, 9.17) is 0 Å². The Kier molecular flexibility index (Phi) is 4.26. The lowest BCUT2D eigenvalue weighted by atomic mass is 10.1. The Hall–Kier alpha value is -0.770. The van der Waals surface area contributed by atoms with Crippen LogP contribution in [0.15, 0.2) is 62.8 Å². The highest BCUT2D eigenvalue weighted by Gasteiger charge is 2.03. The lowest BCUT2D eigenvalue weighted by Gasteiger charge is -2.07. The van der Waals surface area contributed by atoms with Crippen molar-refractivity contribution in [1.29, 1.82) is 0 Å². The molecule has 0 aliphatic carbocycles. The fraction of sp³-hybridized carbons (Fsp3) is 0.143. The molecule has 0 saturated heterocycles. The SMILES string of the molecule is C[C@H](O)c1ccc(Sc2ccccc2Br)cc1. The Morgan fingerprint density at radius 3 is 2.29 bits per heavy atom. The minimum Gasteiger partial charge on any atom is -0.389 e. The summed E-state index contributed by atoms with van der Waals surface area (Å²) in [4.78, 5) is 2.36. The van der Waals surface area contributed by atoms with Crippen molar-refractivity contribution in [3.05, 3.63) is 58.6 Å². The topological polar surface area (TPSA) is 20.2 Å². The number of benzene rings is 2. The van der Waals surface area contributed by atoms with Crippen molar-refractivity contribution in [1.82, 2.24) is 0 Å². The zero-order valence-electron chi connectivity index (χ0n) is 9.43. The van der Waals surface area contributed by atoms with Crippen LogP contribution < -0.4 is 0 Å². The van der Waals surface area contributed by atoms with Crippen LogP contribution in [0.2, 0.25) is 0 Å². The van der Waals surface area contributed by atoms with Gasteiger partial charge in [0, 0.05) is 14.3 Å². The molecule has 88 valence electrons. The van der Waals surface area contributed by atoms with Crippen molar-refractivity contribution >= 4 is 27.7 Å². The second-order valence-corrected chi connectivity index (χ2v) is 5.75. The molecule has 0 amide bonds. The van der Waals surface area contributed by atoms with Crippen molar-refractivity contribution in [2.24, 2.45) is 0 Å². The standard InChI is InChI=1S/C14H13BrOS/c1-10(16)11-6-8-12(9-7-11)17-14-5-3-2-4-13(14)15/h2-10,16H,1H3/t10-/m0/s1. The molecule has 0 saturated carbocycles. The molecule has 0 aromatic heterocycles. The lowest BCUT2D eigenvalue weighted by Crippen LogP contribution is -1.89. The molecule has 0 heterocycles. The van der Waals surface area contributed by atoms with E-state index in [1.54, 1.807) is 18.7 Å². The summed E-state index contributed by atoms with van der Waals surface area (Å²) in [6.07, 6.45) is -0.405. The van der Waals surface area contributed by atoms with Gasteiger partial charge >= 0.3 is 0 Å². The first-order chi connectivity index (χ1) is 8.16. The second-order valence-electron chi connectivity index (χ2n) is 3.78. The molecule has 0 unspecified atom stereocenters. The first-order valence-corrected chi connectivity index (χ1v) is 6.98. The van der Waals surface area contributed by atoms with Gasteiger partial charge < -0.3 is 5.11 Å². The first kappa shape index (κ1) is 12.7. The van der Waals surface area contributed by atoms with Gasteiger partial charge in [-0.2, -0.15) is 0 Å². The van der Waals surface area contributed by atoms with Crippen molar-refractivity contribution in [2.75, 3.05) is 0 Å². The average molecular weight is 309 g/mol. The quantitative estimate of drug-likeness (QED) is 0.890. The molecule has 1 atom stereocenters. The van der Waals surface area contributed by atoms with Crippen LogP contribution in [0.1, 0.15) is 18.6 Å². The molecular weight excluding hydrogens is 296 g/mol. The highest BCUT2D eigenvalue weighted by Crippen LogP contribution is 2.33. The molecular formula is C14H13BrOS. The number of hydrogen-bond acceptors (Lipinski definition) is 2. The van der Waals surface area contributed by atoms with E-state index in [1.165, 1.54) is 9.79 Å². The van der Waals surface area contributed by atoms with E-state index in [9.17, 15) is 5.11 Å². The second kappa shape index (κ2) is 5.71. The molecule has 0 spiro atoms. The maximum absolute atomic E-state index is 9.43. The number of aliphatic hydroxyl groups is 1. The van der Waals surface area contributed by atoms with Crippen LogP contribution in [-0.4, -0.2) is 5.11 Å². The zero-order chi connectivity index (χ0) is 12.3. The predicted molar refractivity (Wildman–Crippen MR) is 75.3 cm³/mol. The molecule has 2 aromatic rings. The van der Waals surface area contributed by atoms with E-state index in [0.717, 1.165) is 10.0 Å². The third kappa shape index (κ3) is 3.35. The summed E-state index contributed by atoms with van der Waals surface area (Å²) in [7, 11) is 0. The molecule has 0 fully saturated rings. The fourth-order valence-corrected chi connectivity index (χ4v) is 2.83. The molecule has 3 heteroatoms. The van der Waals surface area contributed by atoms with Crippen molar-refractivity contribution in [3.8, 4) is 0 Å². The summed E-state index contributed by atoms with van der Waals surface area (Å²) < 4.78 is 1.10. The molecule has 0 aliphatic rings. The Morgan fingerprint density at radius 2 is 1.71 bits per heavy atom. The van der Waals surface area contributed by atoms with E-state index < -0.39 is 6.10 Å². The number of aliphatic hydroxyl groups excluding tert-OH is 1. The smallest absolute Gasteiger partial charge is 0.0761 e. The number of hydrogen-bond donors (Lipinski definition) is 1. The summed E-state index contributed by atoms with van der Waals surface area (Å²) in [6.45, 7) is 1.77. The van der Waals surface area contributed by atoms with Gasteiger partial charge in [-0.3, -0.25) is 0 Å². The van der Waals surface area contributed by atoms with Gasteiger partial charge in [0.15, 0.2) is 0 Å². The lowest BCUT2D eigenvalue weighted by molar-refractivity contribution is 0.199. The summed E-state index contributed by atoms with van der Waals surface area (Å²) in [5.74, 6) is 0. The van der Waals surface area contributed by atoms with Gasteiger partial charge in [-0.05, 0) is 52.7 Å². The van der Waals surface area contributed by atoms with Gasteiger partial charge in [0.25, 0.3) is 0 Å². The maximum atomic E-state index is 9.43. The van der Waals surface area contributed by atoms with Gasteiger partial charge in [0.1, 0.15) is 0 Å². The maximum Gasteiger partial charge on any atom is 0.0761 e. The summed E-state index contributed by atoms with van der Waals surface area (Å²) >= 11 is 5.24. The van der Waals surface area contributed by atoms with Gasteiger partial charge in [-0.25, -0.2) is 0 Å². The third-order valence-electron chi connectivity index (χ3n) is 2.43. The molecule has 2 rings (SSSR count). The summed E-state index contributed by atoms with van der Waals surface area (Å²) in [5, 5.41) is 9.43. The fourth-order valence-electron chi connectivity index (χ4n) is 1.47. The van der Waals surface area contributed by atoms with Crippen molar-refractivity contribution < 1.29 is 5.11 Å². The average Bonchev–Trinajstić information content (AvgIpc) is 2.33. The van der Waals surface area contributed by atoms with E-state index >= 15 is 0 Å². The van der Waals surface area contributed by atoms with Crippen LogP contribution >= 0.6 is 27.7 Å². The van der Waals surface area contributed by atoms with Crippen molar-refractivity contribution in [2.45, 2.75) is 22.8 Å². The predicted octanol–water partition coefficient (Wildman–Crippen LogP) is 4.65. The molecule has 1 N–H and O–H groups in total. The minimum absolute atomic E-state index is 0.405. The van der Waals surface area contributed by atoms with Crippen LogP contribution in [0, 0.1) is 0 Å². The molecule has 0 radical (unpaired) electrons. The summed E-state index contributed by atoms with van der Waals surface area (Å²) in [6, 6.07) is 16.1. The van der Waals surface area contributed by atoms with Gasteiger partial charge in [-0.15, -0.1) is 0 Å². The van der Waals surface area contributed by atoms with E-state index in [2.05, 4.69) is 22.0 Å². The summed E-state index contributed by atoms with van der Waals surface area (Å²) in [5.41, 5.74) is 0.946. The largest absolute Gasteiger partial charge is 0.389 e. The Bertz CT molecular complexity index is 494. The molecule has 0 bridgehead atoms. The molecule has 17 heavy (non-hydrogen) atoms. The van der Waals surface area contributed by atoms with Crippen molar-refractivity contribution in [3.63, 3.8) is 0 Å². The number of halogens is 1. The Balaban J connectivity index is 2.17. The van der Waals surface area contributed by atoms with E-state index in [1.807, 2.05) is 42.5 Å². The Morgan fingerprint density at radius 1 is 1.06 bits per heavy atom. The normalized spacial score (nSPS) is 12.4. The highest BCUT2D eigenvalue weighted by molar-refractivity contribution is 9.10. The Labute approximate surface area is 114 Å². The van der Waals surface area contributed by atoms with E-state index in [0.29, 0.717) is 0 Å². The number of rotatable bonds is 3. The first-order valence-electron chi connectivity index (χ1n) is 5.37. The van der Waals surface area contributed by atoms with Gasteiger partial charge in [0.2, 0.25) is 0 Å². The van der Waals surface area contributed by atoms with Crippen LogP contribution in [0.25, 0.3) is 0 Å². The van der Waals surface area contributed by atoms with E-state index in [-0.39, 0.29) is 0 Å². The molecule has 1 nitrogen and oxygen atoms in total. The monoisotopic (exact) mass is 308 g/mol. The van der Waals surface area contributed by atoms with Gasteiger partial charge in [0.05, 0.1) is 6.10 Å². The van der Waals surface area contributed by atoms with Crippen LogP contribution in [0.3, 0.4) is 0 Å². The minimum atomic E-state index is -0.405. The van der Waals surface area contributed by atoms with Gasteiger partial charge in [-0.1, -0.05) is 36.0 Å². The highest BCUT2D eigenvalue weighted by atomic mass is 79.9. The van der Waals surface area contributed by atoms with Crippen LogP contribution in [0.5, 0.6) is 0 Å². The van der Waals surface area contributed by atoms with Crippen LogP contribution in [-0.2, 0) is 0 Å². The zero-order valence-corrected chi connectivity index (χ0v) is 11.8. The molecule has 0 aliphatic heterocycles. The van der Waals surface area contributed by atoms with Crippen LogP contribution in [0.4, 0.5) is 0 Å². The third-order valence-corrected chi connectivity index (χ3v) is 4.46.